The molecule has 104 heavy (non-hydrogen) atoms. The Morgan fingerprint density at radius 2 is 0.452 bits per heavy atom. The second-order valence-corrected chi connectivity index (χ2v) is 31.7. The summed E-state index contributed by atoms with van der Waals surface area (Å²) in [6, 6.07) is -14.8. The molecule has 0 saturated heterocycles. The second-order valence-electron chi connectivity index (χ2n) is 27.5. The van der Waals surface area contributed by atoms with Crippen molar-refractivity contribution in [2.45, 2.75) is 209 Å². The molecule has 12 amide bonds. The van der Waals surface area contributed by atoms with Crippen molar-refractivity contribution in [3.63, 3.8) is 0 Å². The zero-order valence-corrected chi connectivity index (χ0v) is 64.9. The number of aromatic nitrogens is 4. The molecule has 16 atom stereocenters. The Morgan fingerprint density at radius 3 is 0.596 bits per heavy atom. The van der Waals surface area contributed by atoms with Crippen LogP contribution in [0.15, 0.2) is 24.8 Å². The van der Waals surface area contributed by atoms with E-state index in [9.17, 15) is 78.0 Å². The lowest BCUT2D eigenvalue weighted by atomic mass is 9.97. The lowest BCUT2D eigenvalue weighted by molar-refractivity contribution is -0.132. The van der Waals surface area contributed by atoms with Gasteiger partial charge < -0.3 is 84.2 Å². The van der Waals surface area contributed by atoms with E-state index in [0.29, 0.717) is 25.7 Å². The molecular formula is C68H104N16O16S4. The number of hydrogen-bond acceptors (Lipinski definition) is 24. The van der Waals surface area contributed by atoms with Gasteiger partial charge in [0.15, 0.2) is 0 Å². The molecule has 4 aromatic rings. The van der Waals surface area contributed by atoms with Gasteiger partial charge in [-0.15, -0.1) is 45.3 Å². The first-order valence-corrected chi connectivity index (χ1v) is 38.3. The van der Waals surface area contributed by atoms with Crippen molar-refractivity contribution in [3.05, 3.63) is 64.3 Å². The Kier molecular flexibility index (Phi) is 33.7. The van der Waals surface area contributed by atoms with Crippen LogP contribution in [0.25, 0.3) is 0 Å². The summed E-state index contributed by atoms with van der Waals surface area (Å²) < 4.78 is 0. The van der Waals surface area contributed by atoms with Gasteiger partial charge in [-0.05, 0) is 47.3 Å². The van der Waals surface area contributed by atoms with E-state index < -0.39 is 193 Å². The first-order valence-electron chi connectivity index (χ1n) is 35.0. The van der Waals surface area contributed by atoms with E-state index >= 15 is 0 Å². The maximum Gasteiger partial charge on any atom is 0.263 e. The number of fused-ring (bicyclic) bond motifs is 8. The van der Waals surface area contributed by atoms with Crippen LogP contribution >= 0.6 is 45.3 Å². The molecule has 0 aliphatic carbocycles. The van der Waals surface area contributed by atoms with E-state index in [0.717, 1.165) is 45.3 Å². The molecule has 32 nitrogen and oxygen atoms in total. The Labute approximate surface area is 621 Å². The first kappa shape index (κ1) is 86.6. The van der Waals surface area contributed by atoms with Gasteiger partial charge in [-0.3, -0.25) is 57.5 Å². The Hall–Kier alpha value is -8.00. The smallest absolute Gasteiger partial charge is 0.263 e. The number of amides is 12. The SMILES string of the molecule is CC[C@H](C)[C@@H]1NC(=O)c2cnc(s2)[C@@H](C(C)C)NC(=O)[C@H](CO)NC(=O)[C@H]([C@@H](C)CC)NC(=O)c2cnc(s2)[C@@H](C(C)C)NC(=O)[C@H](CO)NC(=O)[C@H]([C@@H](C)CC)NC(=O)c2cnc(s2)[C@@H](C(C)C)NC(=O)[C@H](CO)NC(=O)[C@H]([C@@H](C)CC)NC(=O)c2cnc(s2)[C@@H](C(C)C)NC(=O)[C@H](CO)NC1=O. The van der Waals surface area contributed by atoms with Crippen LogP contribution in [-0.4, -0.2) is 186 Å². The van der Waals surface area contributed by atoms with E-state index in [1.165, 1.54) is 24.8 Å². The summed E-state index contributed by atoms with van der Waals surface area (Å²) in [5, 5.41) is 75.7. The van der Waals surface area contributed by atoms with Gasteiger partial charge in [0, 0.05) is 0 Å². The lowest BCUT2D eigenvalue weighted by Crippen LogP contribution is -2.57. The molecule has 16 N–H and O–H groups in total. The predicted molar refractivity (Wildman–Crippen MR) is 390 cm³/mol. The summed E-state index contributed by atoms with van der Waals surface area (Å²) in [7, 11) is 0. The van der Waals surface area contributed by atoms with Gasteiger partial charge in [0.2, 0.25) is 47.3 Å². The third-order valence-corrected chi connectivity index (χ3v) is 22.6. The molecule has 5 rings (SSSR count). The average molecular weight is 1530 g/mol. The van der Waals surface area contributed by atoms with E-state index in [2.05, 4.69) is 83.7 Å². The standard InChI is InChI=1S/C68H104N16O16S4/c1-17-33(13)49-61(97)73-37(25-85)53(89)77-46(30(7)8)66-70-22-42(102-66)58(94)82-51(35(15)19-3)63(99)75-39(27-87)55(91)79-48(32(11)12)68-72-24-44(104-68)60(96)84-52(36(16)20-4)64(100)76-40(28-88)56(92)80-47(31(9)10)67-71-23-43(103-67)59(95)83-50(34(14)18-2)62(98)74-38(26-86)54(90)78-45(29(5)6)65-69-21-41(101-65)57(93)81-49/h21-24,29-40,45-52,85-88H,17-20,25-28H2,1-16H3,(H,73,97)(H,74,98)(H,75,99)(H,76,100)(H,77,89)(H,78,90)(H,79,91)(H,80,92)(H,81,93)(H,82,94)(H,83,95)(H,84,96)/t33-,34-,35-,36-,37-,38-,39-,40-,45+,46+,47+,48+,49-,50-,51-,52-/m0/s1. The van der Waals surface area contributed by atoms with Crippen LogP contribution in [0.1, 0.15) is 219 Å². The number of carbonyl (C=O) groups is 12. The first-order chi connectivity index (χ1) is 49.1. The molecule has 1 aliphatic rings. The van der Waals surface area contributed by atoms with Gasteiger partial charge in [-0.1, -0.05) is 136 Å². The predicted octanol–water partition coefficient (Wildman–Crippen LogP) is 2.37. The normalized spacial score (nSPS) is 25.6. The molecule has 1 aliphatic heterocycles. The van der Waals surface area contributed by atoms with Crippen LogP contribution in [-0.2, 0) is 38.4 Å². The van der Waals surface area contributed by atoms with Crippen molar-refractivity contribution in [1.29, 1.82) is 0 Å². The van der Waals surface area contributed by atoms with Gasteiger partial charge in [0.1, 0.15) is 87.9 Å². The molecule has 0 radical (unpaired) electrons. The van der Waals surface area contributed by atoms with Gasteiger partial charge >= 0.3 is 0 Å². The largest absolute Gasteiger partial charge is 0.394 e. The molecule has 36 heteroatoms. The molecule has 0 saturated carbocycles. The van der Waals surface area contributed by atoms with Crippen molar-refractivity contribution in [3.8, 4) is 0 Å². The van der Waals surface area contributed by atoms with Crippen LogP contribution < -0.4 is 63.8 Å². The Bertz CT molecular complexity index is 3160. The van der Waals surface area contributed by atoms with Crippen molar-refractivity contribution in [2.24, 2.45) is 47.3 Å². The number of thiazole rings is 4. The molecule has 8 bridgehead atoms. The fraction of sp³-hybridized carbons (Fsp3) is 0.647. The highest BCUT2D eigenvalue weighted by Crippen LogP contribution is 2.32. The quantitative estimate of drug-likeness (QED) is 0.0765. The summed E-state index contributed by atoms with van der Waals surface area (Å²) >= 11 is 3.60. The minimum atomic E-state index is -1.55. The summed E-state index contributed by atoms with van der Waals surface area (Å²) in [6.45, 7) is 24.5. The summed E-state index contributed by atoms with van der Waals surface area (Å²) in [6.07, 6.45) is 6.51. The summed E-state index contributed by atoms with van der Waals surface area (Å²) in [5.74, 6) is -13.2. The Morgan fingerprint density at radius 1 is 0.279 bits per heavy atom. The molecule has 5 heterocycles. The van der Waals surface area contributed by atoms with Crippen LogP contribution in [0.2, 0.25) is 0 Å². The zero-order chi connectivity index (χ0) is 77.7. The number of hydrogen-bond donors (Lipinski definition) is 16. The minimum absolute atomic E-state index is 0.0284. The van der Waals surface area contributed by atoms with Gasteiger partial charge in [0.05, 0.1) is 75.4 Å². The fourth-order valence-corrected chi connectivity index (χ4v) is 14.9. The van der Waals surface area contributed by atoms with Crippen LogP contribution in [0.3, 0.4) is 0 Å². The van der Waals surface area contributed by atoms with Crippen LogP contribution in [0.5, 0.6) is 0 Å². The molecular weight excluding hydrogens is 1430 g/mol. The zero-order valence-electron chi connectivity index (χ0n) is 61.6. The van der Waals surface area contributed by atoms with Crippen LogP contribution in [0.4, 0.5) is 0 Å². The molecule has 0 unspecified atom stereocenters. The molecule has 0 aromatic carbocycles. The van der Waals surface area contributed by atoms with Crippen LogP contribution in [0, 0.1) is 47.3 Å². The van der Waals surface area contributed by atoms with Gasteiger partial charge in [-0.2, -0.15) is 0 Å². The van der Waals surface area contributed by atoms with Crippen molar-refractivity contribution in [1.82, 2.24) is 83.7 Å². The van der Waals surface area contributed by atoms with Crippen molar-refractivity contribution >= 4 is 116 Å². The number of nitrogens with one attached hydrogen (secondary N) is 12. The van der Waals surface area contributed by atoms with E-state index in [1.807, 2.05) is 0 Å². The van der Waals surface area contributed by atoms with Crippen molar-refractivity contribution in [2.75, 3.05) is 26.4 Å². The molecule has 0 spiro atoms. The fourth-order valence-electron chi connectivity index (χ4n) is 10.7. The highest BCUT2D eigenvalue weighted by Gasteiger charge is 2.39. The number of carbonyl (C=O) groups excluding carboxylic acids is 12. The number of nitrogens with zero attached hydrogens (tertiary/aromatic N) is 4. The van der Waals surface area contributed by atoms with Gasteiger partial charge in [0.25, 0.3) is 23.6 Å². The molecule has 4 aromatic heterocycles. The summed E-state index contributed by atoms with van der Waals surface area (Å²) in [4.78, 5) is 187. The maximum atomic E-state index is 14.2. The Balaban J connectivity index is 1.50. The summed E-state index contributed by atoms with van der Waals surface area (Å²) in [5.41, 5.74) is 0. The monoisotopic (exact) mass is 1530 g/mol. The minimum Gasteiger partial charge on any atom is -0.394 e. The number of aliphatic hydroxyl groups excluding tert-OH is 4. The lowest BCUT2D eigenvalue weighted by Gasteiger charge is -2.27. The van der Waals surface area contributed by atoms with Crippen molar-refractivity contribution < 1.29 is 78.0 Å². The number of rotatable bonds is 16. The van der Waals surface area contributed by atoms with E-state index in [1.54, 1.807) is 111 Å². The van der Waals surface area contributed by atoms with E-state index in [-0.39, 0.29) is 63.2 Å². The number of aliphatic hydroxyl groups is 4. The van der Waals surface area contributed by atoms with Gasteiger partial charge in [-0.25, -0.2) is 19.9 Å². The third-order valence-electron chi connectivity index (χ3n) is 18.3. The molecule has 576 valence electrons. The average Bonchev–Trinajstić information content (AvgIpc) is 1.81. The van der Waals surface area contributed by atoms with E-state index in [4.69, 9.17) is 0 Å². The topological polar surface area (TPSA) is 482 Å². The highest BCUT2D eigenvalue weighted by molar-refractivity contribution is 7.14. The second kappa shape index (κ2) is 40.5. The molecule has 0 fully saturated rings. The maximum absolute atomic E-state index is 14.2. The third kappa shape index (κ3) is 23.0. The highest BCUT2D eigenvalue weighted by atomic mass is 32.1.